The van der Waals surface area contributed by atoms with Crippen LogP contribution >= 0.6 is 0 Å². The van der Waals surface area contributed by atoms with Crippen molar-refractivity contribution >= 4 is 11.6 Å². The van der Waals surface area contributed by atoms with Gasteiger partial charge in [-0.05, 0) is 24.3 Å². The summed E-state index contributed by atoms with van der Waals surface area (Å²) in [5.74, 6) is -3.88. The van der Waals surface area contributed by atoms with Gasteiger partial charge in [0, 0.05) is 5.56 Å². The number of alkyl halides is 4. The van der Waals surface area contributed by atoms with E-state index in [2.05, 4.69) is 0 Å². The van der Waals surface area contributed by atoms with Gasteiger partial charge < -0.3 is 4.74 Å². The summed E-state index contributed by atoms with van der Waals surface area (Å²) in [4.78, 5) is 21.9. The average Bonchev–Trinajstić information content (AvgIpc) is 2.35. The van der Waals surface area contributed by atoms with Crippen LogP contribution < -0.4 is 4.74 Å². The molecule has 0 aromatic heterocycles. The summed E-state index contributed by atoms with van der Waals surface area (Å²) < 4.78 is 53.7. The van der Waals surface area contributed by atoms with Gasteiger partial charge in [-0.3, -0.25) is 9.59 Å². The molecule has 3 nitrogen and oxygen atoms in total. The van der Waals surface area contributed by atoms with Gasteiger partial charge in [-0.1, -0.05) is 0 Å². The molecule has 1 atom stereocenters. The van der Waals surface area contributed by atoms with Crippen molar-refractivity contribution in [1.29, 1.82) is 0 Å². The van der Waals surface area contributed by atoms with Crippen LogP contribution in [-0.2, 0) is 4.79 Å². The second-order valence-corrected chi connectivity index (χ2v) is 3.32. The minimum absolute atomic E-state index is 0.332. The van der Waals surface area contributed by atoms with Gasteiger partial charge in [0.15, 0.2) is 0 Å². The molecule has 0 saturated heterocycles. The molecule has 0 saturated carbocycles. The van der Waals surface area contributed by atoms with Crippen LogP contribution in [0.25, 0.3) is 0 Å². The van der Waals surface area contributed by atoms with Gasteiger partial charge in [-0.15, -0.1) is 0 Å². The van der Waals surface area contributed by atoms with E-state index in [9.17, 15) is 27.2 Å². The van der Waals surface area contributed by atoms with E-state index in [4.69, 9.17) is 4.74 Å². The zero-order valence-corrected chi connectivity index (χ0v) is 9.12. The largest absolute Gasteiger partial charge is 0.497 e. The predicted molar refractivity (Wildman–Crippen MR) is 53.3 cm³/mol. The highest BCUT2D eigenvalue weighted by Gasteiger charge is 2.46. The lowest BCUT2D eigenvalue weighted by molar-refractivity contribution is -0.174. The molecule has 7 heteroatoms. The van der Waals surface area contributed by atoms with Crippen molar-refractivity contribution in [2.75, 3.05) is 7.11 Å². The van der Waals surface area contributed by atoms with Gasteiger partial charge in [-0.2, -0.15) is 13.2 Å². The fourth-order valence-electron chi connectivity index (χ4n) is 1.16. The second kappa shape index (κ2) is 5.16. The molecule has 0 aliphatic heterocycles. The van der Waals surface area contributed by atoms with Crippen LogP contribution in [-0.4, -0.2) is 31.0 Å². The van der Waals surface area contributed by atoms with Crippen molar-refractivity contribution in [1.82, 2.24) is 0 Å². The van der Waals surface area contributed by atoms with Crippen LogP contribution in [0.2, 0.25) is 0 Å². The van der Waals surface area contributed by atoms with Gasteiger partial charge in [0.1, 0.15) is 5.75 Å². The smallest absolute Gasteiger partial charge is 0.453 e. The maximum atomic E-state index is 13.1. The Morgan fingerprint density at radius 3 is 2.06 bits per heavy atom. The van der Waals surface area contributed by atoms with Crippen molar-refractivity contribution in [3.63, 3.8) is 0 Å². The fourth-order valence-corrected chi connectivity index (χ4v) is 1.16. The van der Waals surface area contributed by atoms with Crippen LogP contribution in [0.15, 0.2) is 24.3 Å². The van der Waals surface area contributed by atoms with Crippen LogP contribution in [0.3, 0.4) is 0 Å². The first-order chi connectivity index (χ1) is 8.27. The maximum Gasteiger partial charge on any atom is 0.453 e. The third-order valence-corrected chi connectivity index (χ3v) is 2.11. The van der Waals surface area contributed by atoms with E-state index in [1.54, 1.807) is 0 Å². The van der Waals surface area contributed by atoms with Gasteiger partial charge in [0.25, 0.3) is 5.78 Å². The molecule has 1 rings (SSSR count). The lowest BCUT2D eigenvalue weighted by Gasteiger charge is -2.09. The minimum Gasteiger partial charge on any atom is -0.497 e. The van der Waals surface area contributed by atoms with E-state index in [0.29, 0.717) is 5.75 Å². The maximum absolute atomic E-state index is 13.1. The molecular weight excluding hydrogens is 256 g/mol. The molecule has 0 radical (unpaired) electrons. The van der Waals surface area contributed by atoms with Crippen molar-refractivity contribution in [2.24, 2.45) is 0 Å². The molecule has 1 aromatic carbocycles. The van der Waals surface area contributed by atoms with Crippen molar-refractivity contribution in [2.45, 2.75) is 12.3 Å². The van der Waals surface area contributed by atoms with E-state index >= 15 is 0 Å². The first kappa shape index (κ1) is 14.1. The molecule has 98 valence electrons. The number of rotatable bonds is 4. The Hall–Kier alpha value is -1.92. The Morgan fingerprint density at radius 2 is 1.67 bits per heavy atom. The van der Waals surface area contributed by atoms with Gasteiger partial charge in [-0.25, -0.2) is 4.39 Å². The molecule has 18 heavy (non-hydrogen) atoms. The Kier molecular flexibility index (Phi) is 4.05. The molecule has 0 amide bonds. The zero-order valence-electron chi connectivity index (χ0n) is 9.12. The number of halogens is 4. The highest BCUT2D eigenvalue weighted by molar-refractivity contribution is 6.14. The minimum atomic E-state index is -5.37. The number of Topliss-reactive ketones (excluding diaryl/α,β-unsaturated/α-hetero) is 2. The molecule has 0 spiro atoms. The quantitative estimate of drug-likeness (QED) is 0.476. The first-order valence-electron chi connectivity index (χ1n) is 4.70. The summed E-state index contributed by atoms with van der Waals surface area (Å²) >= 11 is 0. The topological polar surface area (TPSA) is 43.4 Å². The number of hydrogen-bond acceptors (Lipinski definition) is 3. The summed E-state index contributed by atoms with van der Waals surface area (Å²) in [5.41, 5.74) is -0.332. The lowest BCUT2D eigenvalue weighted by Crippen LogP contribution is -2.36. The lowest BCUT2D eigenvalue weighted by atomic mass is 10.0. The van der Waals surface area contributed by atoms with Crippen LogP contribution in [0, 0.1) is 0 Å². The Morgan fingerprint density at radius 1 is 1.17 bits per heavy atom. The summed E-state index contributed by atoms with van der Waals surface area (Å²) in [5, 5.41) is 0. The highest BCUT2D eigenvalue weighted by atomic mass is 19.4. The molecule has 0 aliphatic rings. The predicted octanol–water partition coefficient (Wildman–Crippen LogP) is 2.35. The van der Waals surface area contributed by atoms with E-state index in [1.165, 1.54) is 19.2 Å². The van der Waals surface area contributed by atoms with Crippen LogP contribution in [0.5, 0.6) is 5.75 Å². The van der Waals surface area contributed by atoms with E-state index in [0.717, 1.165) is 12.1 Å². The van der Waals surface area contributed by atoms with E-state index in [-0.39, 0.29) is 5.56 Å². The third kappa shape index (κ3) is 3.06. The Bertz CT molecular complexity index is 450. The van der Waals surface area contributed by atoms with E-state index in [1.807, 2.05) is 0 Å². The average molecular weight is 264 g/mol. The number of hydrogen-bond donors (Lipinski definition) is 0. The van der Waals surface area contributed by atoms with Gasteiger partial charge in [0.05, 0.1) is 7.11 Å². The number of ether oxygens (including phenoxy) is 1. The number of carbonyl (C=O) groups is 2. The molecule has 0 heterocycles. The zero-order chi connectivity index (χ0) is 13.9. The van der Waals surface area contributed by atoms with Gasteiger partial charge in [0.2, 0.25) is 12.0 Å². The summed E-state index contributed by atoms with van der Waals surface area (Å²) in [6, 6.07) is 4.71. The second-order valence-electron chi connectivity index (χ2n) is 3.32. The standard InChI is InChI=1S/C11H8F4O3/c1-18-7-4-2-6(3-5-7)9(16)8(12)10(17)11(13,14)15/h2-5,8H,1H3. The fraction of sp³-hybridized carbons (Fsp3) is 0.273. The summed E-state index contributed by atoms with van der Waals surface area (Å²) in [6.45, 7) is 0. The third-order valence-electron chi connectivity index (χ3n) is 2.11. The van der Waals surface area contributed by atoms with E-state index < -0.39 is 23.9 Å². The number of ketones is 2. The molecular formula is C11H8F4O3. The van der Waals surface area contributed by atoms with Crippen LogP contribution in [0.4, 0.5) is 17.6 Å². The number of carbonyl (C=O) groups excluding carboxylic acids is 2. The summed E-state index contributed by atoms with van der Waals surface area (Å²) in [6.07, 6.45) is -8.61. The highest BCUT2D eigenvalue weighted by Crippen LogP contribution is 2.22. The van der Waals surface area contributed by atoms with Crippen molar-refractivity contribution in [3.05, 3.63) is 29.8 Å². The molecule has 0 N–H and O–H groups in total. The number of benzene rings is 1. The molecule has 0 aliphatic carbocycles. The normalized spacial score (nSPS) is 12.9. The Labute approximate surface area is 99.4 Å². The molecule has 0 bridgehead atoms. The molecule has 1 aromatic rings. The molecule has 0 fully saturated rings. The molecule has 1 unspecified atom stereocenters. The van der Waals surface area contributed by atoms with Crippen LogP contribution in [0.1, 0.15) is 10.4 Å². The van der Waals surface area contributed by atoms with Crippen molar-refractivity contribution in [3.8, 4) is 5.75 Å². The summed E-state index contributed by atoms with van der Waals surface area (Å²) in [7, 11) is 1.35. The van der Waals surface area contributed by atoms with Gasteiger partial charge >= 0.3 is 6.18 Å². The first-order valence-corrected chi connectivity index (χ1v) is 4.70. The monoisotopic (exact) mass is 264 g/mol. The number of methoxy groups -OCH3 is 1. The Balaban J connectivity index is 2.90. The van der Waals surface area contributed by atoms with Crippen molar-refractivity contribution < 1.29 is 31.9 Å². The SMILES string of the molecule is COc1ccc(C(=O)C(F)C(=O)C(F)(F)F)cc1.